The molecule has 2 aromatic carbocycles. The van der Waals surface area contributed by atoms with Crippen LogP contribution in [0.15, 0.2) is 59.4 Å². The van der Waals surface area contributed by atoms with Crippen LogP contribution < -0.4 is 10.9 Å². The summed E-state index contributed by atoms with van der Waals surface area (Å²) in [4.78, 5) is 24.8. The first-order chi connectivity index (χ1) is 13.3. The van der Waals surface area contributed by atoms with Crippen LogP contribution in [0, 0.1) is 13.8 Å². The smallest absolute Gasteiger partial charge is 0.267 e. The fourth-order valence-corrected chi connectivity index (χ4v) is 3.06. The Balaban J connectivity index is 1.83. The maximum Gasteiger partial charge on any atom is 0.267 e. The van der Waals surface area contributed by atoms with Crippen molar-refractivity contribution in [2.75, 3.05) is 5.32 Å². The molecule has 144 valence electrons. The highest BCUT2D eigenvalue weighted by atomic mass is 16.2. The van der Waals surface area contributed by atoms with Crippen LogP contribution in [0.3, 0.4) is 0 Å². The predicted octanol–water partition coefficient (Wildman–Crippen LogP) is 4.29. The molecule has 0 unspecified atom stereocenters. The average Bonchev–Trinajstić information content (AvgIpc) is 2.66. The van der Waals surface area contributed by atoms with Crippen LogP contribution in [0.5, 0.6) is 0 Å². The zero-order valence-electron chi connectivity index (χ0n) is 16.7. The van der Waals surface area contributed by atoms with Gasteiger partial charge in [-0.15, -0.1) is 0 Å². The van der Waals surface area contributed by atoms with E-state index in [-0.39, 0.29) is 23.9 Å². The van der Waals surface area contributed by atoms with E-state index in [0.717, 1.165) is 22.4 Å². The summed E-state index contributed by atoms with van der Waals surface area (Å²) < 4.78 is 1.21. The molecule has 0 aliphatic carbocycles. The van der Waals surface area contributed by atoms with E-state index in [1.165, 1.54) is 16.3 Å². The SMILES string of the molecule is Cc1ccc(-c2ccc(=O)n(CC(=O)Nc3ccccc3C(C)C)n2)cc1C. The van der Waals surface area contributed by atoms with E-state index >= 15 is 0 Å². The average molecular weight is 375 g/mol. The van der Waals surface area contributed by atoms with E-state index < -0.39 is 0 Å². The van der Waals surface area contributed by atoms with Crippen molar-refractivity contribution >= 4 is 11.6 Å². The van der Waals surface area contributed by atoms with Gasteiger partial charge < -0.3 is 5.32 Å². The molecule has 0 saturated heterocycles. The lowest BCUT2D eigenvalue weighted by atomic mass is 10.0. The maximum atomic E-state index is 12.5. The summed E-state index contributed by atoms with van der Waals surface area (Å²) in [5.74, 6) is 0.00499. The number of carbonyl (C=O) groups excluding carboxylic acids is 1. The topological polar surface area (TPSA) is 64.0 Å². The molecule has 0 fully saturated rings. The molecule has 5 heteroatoms. The molecule has 3 aromatic rings. The van der Waals surface area contributed by atoms with Crippen LogP contribution >= 0.6 is 0 Å². The molecule has 0 aliphatic rings. The van der Waals surface area contributed by atoms with Crippen molar-refractivity contribution < 1.29 is 4.79 Å². The molecule has 0 aliphatic heterocycles. The standard InChI is InChI=1S/C23H25N3O2/c1-15(2)19-7-5-6-8-21(19)24-22(27)14-26-23(28)12-11-20(25-26)18-10-9-16(3)17(4)13-18/h5-13,15H,14H2,1-4H3,(H,24,27). The normalized spacial score (nSPS) is 10.9. The Bertz CT molecular complexity index is 1070. The van der Waals surface area contributed by atoms with Gasteiger partial charge in [-0.05, 0) is 54.7 Å². The molecule has 3 rings (SSSR count). The monoisotopic (exact) mass is 375 g/mol. The zero-order valence-corrected chi connectivity index (χ0v) is 16.7. The fraction of sp³-hybridized carbons (Fsp3) is 0.261. The van der Waals surface area contributed by atoms with Crippen LogP contribution in [0.1, 0.15) is 36.5 Å². The van der Waals surface area contributed by atoms with Crippen LogP contribution in [0.25, 0.3) is 11.3 Å². The highest BCUT2D eigenvalue weighted by Crippen LogP contribution is 2.23. The number of para-hydroxylation sites is 1. The van der Waals surface area contributed by atoms with Gasteiger partial charge in [-0.3, -0.25) is 9.59 Å². The van der Waals surface area contributed by atoms with Crippen molar-refractivity contribution in [3.63, 3.8) is 0 Å². The molecule has 0 spiro atoms. The number of rotatable bonds is 5. The van der Waals surface area contributed by atoms with E-state index in [9.17, 15) is 9.59 Å². The van der Waals surface area contributed by atoms with Gasteiger partial charge in [-0.25, -0.2) is 4.68 Å². The molecular weight excluding hydrogens is 350 g/mol. The number of nitrogens with one attached hydrogen (secondary N) is 1. The third-order valence-corrected chi connectivity index (χ3v) is 4.82. The molecule has 0 saturated carbocycles. The molecule has 0 bridgehead atoms. The van der Waals surface area contributed by atoms with Gasteiger partial charge in [-0.2, -0.15) is 5.10 Å². The summed E-state index contributed by atoms with van der Waals surface area (Å²) in [5.41, 5.74) is 5.45. The lowest BCUT2D eigenvalue weighted by Gasteiger charge is -2.14. The highest BCUT2D eigenvalue weighted by molar-refractivity contribution is 5.91. The number of amides is 1. The summed E-state index contributed by atoms with van der Waals surface area (Å²) in [6.07, 6.45) is 0. The number of hydrogen-bond donors (Lipinski definition) is 1. The first kappa shape index (κ1) is 19.5. The van der Waals surface area contributed by atoms with Gasteiger partial charge in [0.2, 0.25) is 5.91 Å². The highest BCUT2D eigenvalue weighted by Gasteiger charge is 2.12. The first-order valence-electron chi connectivity index (χ1n) is 9.39. The largest absolute Gasteiger partial charge is 0.324 e. The minimum absolute atomic E-state index is 0.135. The molecule has 1 aromatic heterocycles. The Labute approximate surface area is 165 Å². The van der Waals surface area contributed by atoms with E-state index in [1.54, 1.807) is 6.07 Å². The Hall–Kier alpha value is -3.21. The predicted molar refractivity (Wildman–Crippen MR) is 113 cm³/mol. The summed E-state index contributed by atoms with van der Waals surface area (Å²) in [7, 11) is 0. The van der Waals surface area contributed by atoms with Crippen molar-refractivity contribution in [1.82, 2.24) is 9.78 Å². The van der Waals surface area contributed by atoms with E-state index in [2.05, 4.69) is 24.3 Å². The maximum absolute atomic E-state index is 12.5. The van der Waals surface area contributed by atoms with Gasteiger partial charge in [0.15, 0.2) is 0 Å². The van der Waals surface area contributed by atoms with Gasteiger partial charge in [0, 0.05) is 17.3 Å². The van der Waals surface area contributed by atoms with Crippen LogP contribution in [-0.2, 0) is 11.3 Å². The fourth-order valence-electron chi connectivity index (χ4n) is 3.06. The van der Waals surface area contributed by atoms with Crippen molar-refractivity contribution in [3.8, 4) is 11.3 Å². The zero-order chi connectivity index (χ0) is 20.3. The number of aromatic nitrogens is 2. The number of hydrogen-bond acceptors (Lipinski definition) is 3. The lowest BCUT2D eigenvalue weighted by molar-refractivity contribution is -0.117. The Morgan fingerprint density at radius 2 is 1.79 bits per heavy atom. The van der Waals surface area contributed by atoms with Gasteiger partial charge in [0.05, 0.1) is 5.69 Å². The minimum atomic E-state index is -0.306. The van der Waals surface area contributed by atoms with Gasteiger partial charge in [0.1, 0.15) is 6.54 Å². The second-order valence-electron chi connectivity index (χ2n) is 7.30. The summed E-state index contributed by atoms with van der Waals surface area (Å²) in [5, 5.41) is 7.30. The molecule has 1 amide bonds. The molecule has 1 heterocycles. The number of nitrogens with zero attached hydrogens (tertiary/aromatic N) is 2. The number of anilines is 1. The third kappa shape index (κ3) is 4.36. The molecule has 0 radical (unpaired) electrons. The van der Waals surface area contributed by atoms with Gasteiger partial charge in [-0.1, -0.05) is 44.2 Å². The second-order valence-corrected chi connectivity index (χ2v) is 7.30. The van der Waals surface area contributed by atoms with Crippen LogP contribution in [0.4, 0.5) is 5.69 Å². The molecular formula is C23H25N3O2. The lowest BCUT2D eigenvalue weighted by Crippen LogP contribution is -2.29. The Morgan fingerprint density at radius 1 is 1.04 bits per heavy atom. The summed E-state index contributed by atoms with van der Waals surface area (Å²) in [6.45, 7) is 8.10. The van der Waals surface area contributed by atoms with Crippen molar-refractivity contribution in [1.29, 1.82) is 0 Å². The number of benzene rings is 2. The van der Waals surface area contributed by atoms with E-state index in [1.807, 2.05) is 56.3 Å². The third-order valence-electron chi connectivity index (χ3n) is 4.82. The number of aryl methyl sites for hydroxylation is 2. The summed E-state index contributed by atoms with van der Waals surface area (Å²) in [6, 6.07) is 16.9. The van der Waals surface area contributed by atoms with Crippen molar-refractivity contribution in [2.45, 2.75) is 40.2 Å². The van der Waals surface area contributed by atoms with E-state index in [4.69, 9.17) is 0 Å². The molecule has 28 heavy (non-hydrogen) atoms. The van der Waals surface area contributed by atoms with E-state index in [0.29, 0.717) is 5.69 Å². The first-order valence-corrected chi connectivity index (χ1v) is 9.39. The minimum Gasteiger partial charge on any atom is -0.324 e. The van der Waals surface area contributed by atoms with Gasteiger partial charge >= 0.3 is 0 Å². The molecule has 5 nitrogen and oxygen atoms in total. The molecule has 1 N–H and O–H groups in total. The Morgan fingerprint density at radius 3 is 2.50 bits per heavy atom. The van der Waals surface area contributed by atoms with Crippen LogP contribution in [0.2, 0.25) is 0 Å². The second kappa shape index (κ2) is 8.21. The van der Waals surface area contributed by atoms with Gasteiger partial charge in [0.25, 0.3) is 5.56 Å². The Kier molecular flexibility index (Phi) is 5.73. The number of carbonyl (C=O) groups is 1. The van der Waals surface area contributed by atoms with Crippen molar-refractivity contribution in [2.24, 2.45) is 0 Å². The quantitative estimate of drug-likeness (QED) is 0.723. The summed E-state index contributed by atoms with van der Waals surface area (Å²) >= 11 is 0. The van der Waals surface area contributed by atoms with Crippen LogP contribution in [-0.4, -0.2) is 15.7 Å². The van der Waals surface area contributed by atoms with Crippen molar-refractivity contribution in [3.05, 3.63) is 81.6 Å². The molecule has 0 atom stereocenters.